The molecule has 0 aromatic carbocycles. The quantitative estimate of drug-likeness (QED) is 0.759. The second kappa shape index (κ2) is 5.37. The number of nitrogens with one attached hydrogen (secondary N) is 1. The van der Waals surface area contributed by atoms with Crippen LogP contribution in [0.4, 0.5) is 0 Å². The number of nitrogens with zero attached hydrogens (tertiary/aromatic N) is 2. The highest BCUT2D eigenvalue weighted by atomic mass is 35.5. The van der Waals surface area contributed by atoms with E-state index in [0.717, 1.165) is 6.54 Å². The minimum atomic E-state index is 0.372. The van der Waals surface area contributed by atoms with Crippen LogP contribution in [-0.4, -0.2) is 21.7 Å². The second-order valence-electron chi connectivity index (χ2n) is 3.91. The molecule has 1 aromatic rings. The predicted molar refractivity (Wildman–Crippen MR) is 59.4 cm³/mol. The molecule has 0 spiro atoms. The van der Waals surface area contributed by atoms with Crippen LogP contribution in [0.5, 0.6) is 0 Å². The highest BCUT2D eigenvalue weighted by molar-refractivity contribution is 6.18. The van der Waals surface area contributed by atoms with Crippen molar-refractivity contribution >= 4 is 11.6 Å². The number of alkyl halides is 1. The molecule has 0 saturated carbocycles. The SMILES string of the molecule is CC(C)C(CCl)NCc1cnn(C)c1. The molecular formula is C10H18ClN3. The highest BCUT2D eigenvalue weighted by Crippen LogP contribution is 2.05. The Morgan fingerprint density at radius 3 is 2.71 bits per heavy atom. The van der Waals surface area contributed by atoms with E-state index in [0.29, 0.717) is 17.8 Å². The van der Waals surface area contributed by atoms with Crippen LogP contribution < -0.4 is 5.32 Å². The molecule has 1 heterocycles. The van der Waals surface area contributed by atoms with Crippen molar-refractivity contribution in [2.45, 2.75) is 26.4 Å². The Labute approximate surface area is 90.4 Å². The summed E-state index contributed by atoms with van der Waals surface area (Å²) in [6.07, 6.45) is 3.89. The third-order valence-corrected chi connectivity index (χ3v) is 2.63. The molecule has 14 heavy (non-hydrogen) atoms. The summed E-state index contributed by atoms with van der Waals surface area (Å²) in [5.74, 6) is 1.21. The summed E-state index contributed by atoms with van der Waals surface area (Å²) in [6.45, 7) is 5.18. The lowest BCUT2D eigenvalue weighted by atomic mass is 10.1. The van der Waals surface area contributed by atoms with Gasteiger partial charge >= 0.3 is 0 Å². The monoisotopic (exact) mass is 215 g/mol. The summed E-state index contributed by atoms with van der Waals surface area (Å²) in [6, 6.07) is 0.372. The van der Waals surface area contributed by atoms with E-state index in [1.54, 1.807) is 0 Å². The molecule has 0 aliphatic carbocycles. The minimum Gasteiger partial charge on any atom is -0.308 e. The molecule has 1 unspecified atom stereocenters. The van der Waals surface area contributed by atoms with Gasteiger partial charge in [-0.25, -0.2) is 0 Å². The molecule has 1 rings (SSSR count). The summed E-state index contributed by atoms with van der Waals surface area (Å²) in [7, 11) is 1.92. The molecule has 0 bridgehead atoms. The third kappa shape index (κ3) is 3.31. The van der Waals surface area contributed by atoms with Crippen LogP contribution in [0.15, 0.2) is 12.4 Å². The summed E-state index contributed by atoms with van der Waals surface area (Å²) < 4.78 is 1.81. The second-order valence-corrected chi connectivity index (χ2v) is 4.22. The molecular weight excluding hydrogens is 198 g/mol. The van der Waals surface area contributed by atoms with Crippen molar-refractivity contribution in [2.75, 3.05) is 5.88 Å². The number of halogens is 1. The van der Waals surface area contributed by atoms with Crippen LogP contribution in [0.25, 0.3) is 0 Å². The van der Waals surface area contributed by atoms with Crippen molar-refractivity contribution in [1.29, 1.82) is 0 Å². The average molecular weight is 216 g/mol. The van der Waals surface area contributed by atoms with E-state index >= 15 is 0 Å². The van der Waals surface area contributed by atoms with Crippen molar-refractivity contribution in [3.63, 3.8) is 0 Å². The van der Waals surface area contributed by atoms with Gasteiger partial charge in [0.1, 0.15) is 0 Å². The zero-order valence-corrected chi connectivity index (χ0v) is 9.75. The maximum absolute atomic E-state index is 5.85. The number of rotatable bonds is 5. The zero-order chi connectivity index (χ0) is 10.6. The summed E-state index contributed by atoms with van der Waals surface area (Å²) >= 11 is 5.85. The smallest absolute Gasteiger partial charge is 0.0534 e. The molecule has 0 fully saturated rings. The first-order valence-electron chi connectivity index (χ1n) is 4.90. The molecule has 80 valence electrons. The summed E-state index contributed by atoms with van der Waals surface area (Å²) in [5.41, 5.74) is 1.20. The van der Waals surface area contributed by atoms with E-state index in [1.165, 1.54) is 5.56 Å². The fourth-order valence-corrected chi connectivity index (χ4v) is 1.75. The van der Waals surface area contributed by atoms with Crippen molar-refractivity contribution < 1.29 is 0 Å². The Bertz CT molecular complexity index is 270. The van der Waals surface area contributed by atoms with E-state index in [-0.39, 0.29) is 0 Å². The third-order valence-electron chi connectivity index (χ3n) is 2.30. The van der Waals surface area contributed by atoms with Gasteiger partial charge in [-0.1, -0.05) is 13.8 Å². The lowest BCUT2D eigenvalue weighted by Gasteiger charge is -2.19. The van der Waals surface area contributed by atoms with E-state index in [9.17, 15) is 0 Å². The van der Waals surface area contributed by atoms with Crippen LogP contribution in [0.2, 0.25) is 0 Å². The lowest BCUT2D eigenvalue weighted by Crippen LogP contribution is -2.34. The first kappa shape index (κ1) is 11.5. The fraction of sp³-hybridized carbons (Fsp3) is 0.700. The van der Waals surface area contributed by atoms with Crippen LogP contribution in [0, 0.1) is 5.92 Å². The van der Waals surface area contributed by atoms with Crippen molar-refractivity contribution in [1.82, 2.24) is 15.1 Å². The Kier molecular flexibility index (Phi) is 4.42. The molecule has 3 nitrogen and oxygen atoms in total. The van der Waals surface area contributed by atoms with Gasteiger partial charge in [-0.15, -0.1) is 11.6 Å². The maximum Gasteiger partial charge on any atom is 0.0534 e. The van der Waals surface area contributed by atoms with Crippen molar-refractivity contribution in [2.24, 2.45) is 13.0 Å². The van der Waals surface area contributed by atoms with Crippen LogP contribution in [-0.2, 0) is 13.6 Å². The number of aryl methyl sites for hydroxylation is 1. The highest BCUT2D eigenvalue weighted by Gasteiger charge is 2.10. The molecule has 4 heteroatoms. The van der Waals surface area contributed by atoms with Crippen LogP contribution in [0.3, 0.4) is 0 Å². The van der Waals surface area contributed by atoms with Crippen LogP contribution in [0.1, 0.15) is 19.4 Å². The zero-order valence-electron chi connectivity index (χ0n) is 9.00. The number of aromatic nitrogens is 2. The summed E-state index contributed by atoms with van der Waals surface area (Å²) in [4.78, 5) is 0. The molecule has 1 N–H and O–H groups in total. The van der Waals surface area contributed by atoms with Gasteiger partial charge in [0.25, 0.3) is 0 Å². The van der Waals surface area contributed by atoms with E-state index in [2.05, 4.69) is 24.3 Å². The van der Waals surface area contributed by atoms with Crippen molar-refractivity contribution in [3.8, 4) is 0 Å². The molecule has 0 saturated heterocycles. The molecule has 1 atom stereocenters. The normalized spacial score (nSPS) is 13.5. The van der Waals surface area contributed by atoms with Gasteiger partial charge < -0.3 is 5.32 Å². The Morgan fingerprint density at radius 2 is 2.29 bits per heavy atom. The van der Waals surface area contributed by atoms with Gasteiger partial charge in [0.15, 0.2) is 0 Å². The molecule has 1 aromatic heterocycles. The van der Waals surface area contributed by atoms with Gasteiger partial charge in [0.05, 0.1) is 6.20 Å². The Balaban J connectivity index is 2.39. The summed E-state index contributed by atoms with van der Waals surface area (Å²) in [5, 5.41) is 7.52. The van der Waals surface area contributed by atoms with E-state index < -0.39 is 0 Å². The first-order valence-corrected chi connectivity index (χ1v) is 5.43. The Hall–Kier alpha value is -0.540. The Morgan fingerprint density at radius 1 is 1.57 bits per heavy atom. The topological polar surface area (TPSA) is 29.9 Å². The number of hydrogen-bond acceptors (Lipinski definition) is 2. The van der Waals surface area contributed by atoms with Gasteiger partial charge in [-0.2, -0.15) is 5.10 Å². The average Bonchev–Trinajstić information content (AvgIpc) is 2.52. The van der Waals surface area contributed by atoms with Crippen molar-refractivity contribution in [3.05, 3.63) is 18.0 Å². The van der Waals surface area contributed by atoms with Gasteiger partial charge in [-0.3, -0.25) is 4.68 Å². The minimum absolute atomic E-state index is 0.372. The van der Waals surface area contributed by atoms with Gasteiger partial charge in [0, 0.05) is 37.3 Å². The standard InChI is InChI=1S/C10H18ClN3/c1-8(2)10(4-11)12-5-9-6-13-14(3)7-9/h6-8,10,12H,4-5H2,1-3H3. The molecule has 0 aliphatic rings. The predicted octanol–water partition coefficient (Wildman–Crippen LogP) is 1.77. The largest absolute Gasteiger partial charge is 0.308 e. The maximum atomic E-state index is 5.85. The van der Waals surface area contributed by atoms with E-state index in [4.69, 9.17) is 11.6 Å². The number of hydrogen-bond donors (Lipinski definition) is 1. The molecule has 0 amide bonds. The van der Waals surface area contributed by atoms with Crippen LogP contribution >= 0.6 is 11.6 Å². The van der Waals surface area contributed by atoms with Gasteiger partial charge in [0.2, 0.25) is 0 Å². The lowest BCUT2D eigenvalue weighted by molar-refractivity contribution is 0.430. The van der Waals surface area contributed by atoms with Gasteiger partial charge in [-0.05, 0) is 5.92 Å². The molecule has 0 aliphatic heterocycles. The first-order chi connectivity index (χ1) is 6.63. The van der Waals surface area contributed by atoms with E-state index in [1.807, 2.05) is 24.1 Å². The fourth-order valence-electron chi connectivity index (χ4n) is 1.28. The molecule has 0 radical (unpaired) electrons.